The fraction of sp³-hybridized carbons (Fsp3) is 0.308. The van der Waals surface area contributed by atoms with Crippen LogP contribution in [0.15, 0.2) is 33.3 Å². The first kappa shape index (κ1) is 13.8. The van der Waals surface area contributed by atoms with Crippen LogP contribution in [0, 0.1) is 0 Å². The van der Waals surface area contributed by atoms with Crippen molar-refractivity contribution in [3.8, 4) is 5.75 Å². The minimum atomic E-state index is 0.673. The zero-order valence-electron chi connectivity index (χ0n) is 10.0. The molecule has 0 saturated heterocycles. The summed E-state index contributed by atoms with van der Waals surface area (Å²) in [6.07, 6.45) is 2.75. The van der Waals surface area contributed by atoms with Gasteiger partial charge >= 0.3 is 0 Å². The highest BCUT2D eigenvalue weighted by Gasteiger charge is 2.11. The molecule has 0 radical (unpaired) electrons. The lowest BCUT2D eigenvalue weighted by atomic mass is 10.2. The third-order valence-electron chi connectivity index (χ3n) is 2.57. The predicted octanol–water partition coefficient (Wildman–Crippen LogP) is 3.75. The summed E-state index contributed by atoms with van der Waals surface area (Å²) in [4.78, 5) is 4.40. The van der Waals surface area contributed by atoms with Crippen LogP contribution in [0.1, 0.15) is 6.42 Å². The van der Waals surface area contributed by atoms with Crippen molar-refractivity contribution in [2.45, 2.75) is 6.42 Å². The van der Waals surface area contributed by atoms with Gasteiger partial charge in [0.15, 0.2) is 5.75 Å². The molecule has 0 amide bonds. The molecule has 5 heteroatoms. The Bertz CT molecular complexity index is 546. The Labute approximate surface area is 123 Å². The summed E-state index contributed by atoms with van der Waals surface area (Å²) in [7, 11) is 1.94. The van der Waals surface area contributed by atoms with Crippen molar-refractivity contribution in [3.05, 3.63) is 33.3 Å². The molecule has 1 N–H and O–H groups in total. The molecule has 0 bridgehead atoms. The summed E-state index contributed by atoms with van der Waals surface area (Å²) in [6, 6.07) is 5.95. The lowest BCUT2D eigenvalue weighted by Crippen LogP contribution is -2.11. The van der Waals surface area contributed by atoms with Crippen molar-refractivity contribution >= 4 is 42.8 Å². The lowest BCUT2D eigenvalue weighted by Gasteiger charge is -2.11. The molecule has 0 unspecified atom stereocenters. The minimum absolute atomic E-state index is 0.673. The van der Waals surface area contributed by atoms with E-state index in [-0.39, 0.29) is 0 Å². The highest BCUT2D eigenvalue weighted by molar-refractivity contribution is 9.11. The summed E-state index contributed by atoms with van der Waals surface area (Å²) in [6.45, 7) is 1.62. The number of ether oxygens (including phenoxy) is 1. The van der Waals surface area contributed by atoms with Gasteiger partial charge in [-0.05, 0) is 48.1 Å². The van der Waals surface area contributed by atoms with Crippen molar-refractivity contribution in [1.82, 2.24) is 10.3 Å². The number of rotatable bonds is 5. The first-order chi connectivity index (χ1) is 8.74. The zero-order valence-corrected chi connectivity index (χ0v) is 13.2. The molecule has 2 rings (SSSR count). The van der Waals surface area contributed by atoms with E-state index in [1.165, 1.54) is 0 Å². The maximum Gasteiger partial charge on any atom is 0.159 e. The van der Waals surface area contributed by atoms with E-state index in [1.807, 2.05) is 25.2 Å². The number of fused-ring (bicyclic) bond motifs is 1. The Kier molecular flexibility index (Phi) is 4.97. The van der Waals surface area contributed by atoms with Gasteiger partial charge in [0, 0.05) is 16.1 Å². The van der Waals surface area contributed by atoms with Gasteiger partial charge in [-0.15, -0.1) is 0 Å². The molecule has 96 valence electrons. The molecule has 3 nitrogen and oxygen atoms in total. The molecular formula is C13H14Br2N2O. The van der Waals surface area contributed by atoms with Crippen LogP contribution >= 0.6 is 31.9 Å². The van der Waals surface area contributed by atoms with Gasteiger partial charge in [0.05, 0.1) is 11.1 Å². The van der Waals surface area contributed by atoms with Crippen molar-refractivity contribution in [2.75, 3.05) is 20.2 Å². The second kappa shape index (κ2) is 6.50. The number of halogens is 2. The zero-order chi connectivity index (χ0) is 13.0. The Hall–Kier alpha value is -0.650. The van der Waals surface area contributed by atoms with E-state index in [0.29, 0.717) is 6.61 Å². The summed E-state index contributed by atoms with van der Waals surface area (Å²) in [5.41, 5.74) is 0.878. The average molecular weight is 374 g/mol. The van der Waals surface area contributed by atoms with Gasteiger partial charge in [0.25, 0.3) is 0 Å². The van der Waals surface area contributed by atoms with E-state index in [0.717, 1.165) is 38.6 Å². The van der Waals surface area contributed by atoms with E-state index < -0.39 is 0 Å². The maximum absolute atomic E-state index is 5.84. The molecule has 0 saturated carbocycles. The highest BCUT2D eigenvalue weighted by Crippen LogP contribution is 2.37. The second-order valence-corrected chi connectivity index (χ2v) is 5.58. The first-order valence-corrected chi connectivity index (χ1v) is 7.32. The Morgan fingerprint density at radius 3 is 2.94 bits per heavy atom. The molecule has 0 aliphatic carbocycles. The number of nitrogens with zero attached hydrogens (tertiary/aromatic N) is 1. The Morgan fingerprint density at radius 2 is 2.17 bits per heavy atom. The fourth-order valence-corrected chi connectivity index (χ4v) is 3.09. The molecule has 0 atom stereocenters. The van der Waals surface area contributed by atoms with E-state index >= 15 is 0 Å². The molecule has 18 heavy (non-hydrogen) atoms. The highest BCUT2D eigenvalue weighted by atomic mass is 79.9. The van der Waals surface area contributed by atoms with Crippen LogP contribution in [0.4, 0.5) is 0 Å². The number of nitrogens with one attached hydrogen (secondary N) is 1. The van der Waals surface area contributed by atoms with Crippen molar-refractivity contribution < 1.29 is 4.74 Å². The third-order valence-corrected chi connectivity index (χ3v) is 3.81. The van der Waals surface area contributed by atoms with Gasteiger partial charge in [-0.1, -0.05) is 22.0 Å². The standard InChI is InChI=1S/C13H14Br2N2O/c1-16-5-3-7-18-13-11(15)8-10(14)9-4-2-6-17-12(9)13/h2,4,6,8,16H,3,5,7H2,1H3. The first-order valence-electron chi connectivity index (χ1n) is 5.74. The summed E-state index contributed by atoms with van der Waals surface area (Å²) < 4.78 is 7.77. The maximum atomic E-state index is 5.84. The fourth-order valence-electron chi connectivity index (χ4n) is 1.71. The summed E-state index contributed by atoms with van der Waals surface area (Å²) >= 11 is 7.07. The molecule has 0 aliphatic rings. The predicted molar refractivity (Wildman–Crippen MR) is 81.2 cm³/mol. The van der Waals surface area contributed by atoms with E-state index in [9.17, 15) is 0 Å². The largest absolute Gasteiger partial charge is 0.490 e. The molecule has 2 aromatic rings. The van der Waals surface area contributed by atoms with Gasteiger partial charge in [-0.2, -0.15) is 0 Å². The summed E-state index contributed by atoms with van der Waals surface area (Å²) in [5.74, 6) is 0.810. The normalized spacial score (nSPS) is 10.8. The van der Waals surface area contributed by atoms with Gasteiger partial charge in [-0.3, -0.25) is 4.98 Å². The SMILES string of the molecule is CNCCCOc1c(Br)cc(Br)c2cccnc12. The number of hydrogen-bond donors (Lipinski definition) is 1. The Morgan fingerprint density at radius 1 is 1.33 bits per heavy atom. The third kappa shape index (κ3) is 3.02. The van der Waals surface area contributed by atoms with Gasteiger partial charge in [0.2, 0.25) is 0 Å². The van der Waals surface area contributed by atoms with Crippen LogP contribution in [-0.2, 0) is 0 Å². The molecule has 1 aromatic heterocycles. The van der Waals surface area contributed by atoms with Crippen molar-refractivity contribution in [3.63, 3.8) is 0 Å². The summed E-state index contributed by atoms with van der Waals surface area (Å²) in [5, 5.41) is 4.16. The minimum Gasteiger partial charge on any atom is -0.490 e. The van der Waals surface area contributed by atoms with Gasteiger partial charge in [-0.25, -0.2) is 0 Å². The van der Waals surface area contributed by atoms with Crippen LogP contribution in [0.25, 0.3) is 10.9 Å². The molecule has 0 fully saturated rings. The quantitative estimate of drug-likeness (QED) is 0.810. The molecular weight excluding hydrogens is 360 g/mol. The van der Waals surface area contributed by atoms with Gasteiger partial charge in [0.1, 0.15) is 5.52 Å². The molecule has 0 spiro atoms. The second-order valence-electron chi connectivity index (χ2n) is 3.87. The average Bonchev–Trinajstić information content (AvgIpc) is 2.38. The van der Waals surface area contributed by atoms with Gasteiger partial charge < -0.3 is 10.1 Å². The van der Waals surface area contributed by atoms with Crippen LogP contribution in [0.5, 0.6) is 5.75 Å². The molecule has 0 aliphatic heterocycles. The van der Waals surface area contributed by atoms with Crippen molar-refractivity contribution in [2.24, 2.45) is 0 Å². The molecule has 1 heterocycles. The number of aromatic nitrogens is 1. The van der Waals surface area contributed by atoms with Crippen LogP contribution in [0.3, 0.4) is 0 Å². The van der Waals surface area contributed by atoms with E-state index in [2.05, 4.69) is 42.2 Å². The lowest BCUT2D eigenvalue weighted by molar-refractivity contribution is 0.311. The van der Waals surface area contributed by atoms with Crippen LogP contribution in [0.2, 0.25) is 0 Å². The smallest absolute Gasteiger partial charge is 0.159 e. The van der Waals surface area contributed by atoms with E-state index in [4.69, 9.17) is 4.74 Å². The van der Waals surface area contributed by atoms with Crippen LogP contribution < -0.4 is 10.1 Å². The van der Waals surface area contributed by atoms with Crippen molar-refractivity contribution in [1.29, 1.82) is 0 Å². The number of benzene rings is 1. The van der Waals surface area contributed by atoms with E-state index in [1.54, 1.807) is 6.20 Å². The number of hydrogen-bond acceptors (Lipinski definition) is 3. The monoisotopic (exact) mass is 372 g/mol. The topological polar surface area (TPSA) is 34.1 Å². The Balaban J connectivity index is 2.31. The molecule has 1 aromatic carbocycles. The number of pyridine rings is 1. The van der Waals surface area contributed by atoms with Crippen LogP contribution in [-0.4, -0.2) is 25.2 Å².